The summed E-state index contributed by atoms with van der Waals surface area (Å²) in [6.07, 6.45) is 0. The van der Waals surface area contributed by atoms with E-state index in [0.29, 0.717) is 0 Å². The van der Waals surface area contributed by atoms with Crippen molar-refractivity contribution in [3.8, 4) is 33.4 Å². The molecule has 1 unspecified atom stereocenters. The average Bonchev–Trinajstić information content (AvgIpc) is 3.59. The van der Waals surface area contributed by atoms with Gasteiger partial charge in [-0.2, -0.15) is 0 Å². The molecule has 1 nitrogen and oxygen atoms in total. The minimum atomic E-state index is -0.344. The van der Waals surface area contributed by atoms with E-state index in [1.54, 1.807) is 0 Å². The zero-order valence-electron chi connectivity index (χ0n) is 34.5. The van der Waals surface area contributed by atoms with Crippen LogP contribution in [0.5, 0.6) is 0 Å². The van der Waals surface area contributed by atoms with E-state index in [2.05, 4.69) is 225 Å². The number of fused-ring (bicyclic) bond motifs is 6. The normalized spacial score (nSPS) is 16.5. The molecule has 0 amide bonds. The van der Waals surface area contributed by atoms with Crippen LogP contribution in [0.1, 0.15) is 101 Å². The van der Waals surface area contributed by atoms with E-state index in [1.807, 2.05) is 0 Å². The number of rotatable bonds is 5. The summed E-state index contributed by atoms with van der Waals surface area (Å²) in [6, 6.07) is 59.2. The summed E-state index contributed by atoms with van der Waals surface area (Å²) in [5, 5.41) is 0. The molecule has 0 aromatic heterocycles. The van der Waals surface area contributed by atoms with E-state index < -0.39 is 0 Å². The van der Waals surface area contributed by atoms with Crippen molar-refractivity contribution < 1.29 is 0 Å². The molecule has 2 aliphatic carbocycles. The van der Waals surface area contributed by atoms with Crippen molar-refractivity contribution in [2.45, 2.75) is 84.0 Å². The largest absolute Gasteiger partial charge is 0.310 e. The highest BCUT2D eigenvalue weighted by molar-refractivity contribution is 5.99. The van der Waals surface area contributed by atoms with Gasteiger partial charge >= 0.3 is 0 Å². The number of anilines is 3. The van der Waals surface area contributed by atoms with Crippen LogP contribution in [0.2, 0.25) is 0 Å². The molecule has 1 atom stereocenters. The van der Waals surface area contributed by atoms with Crippen LogP contribution in [-0.4, -0.2) is 0 Å². The molecule has 0 bridgehead atoms. The van der Waals surface area contributed by atoms with Gasteiger partial charge in [-0.15, -0.1) is 0 Å². The van der Waals surface area contributed by atoms with E-state index in [0.717, 1.165) is 5.69 Å². The Hall–Kier alpha value is -5.66. The summed E-state index contributed by atoms with van der Waals surface area (Å²) < 4.78 is 0. The maximum Gasteiger partial charge on any atom is 0.0583 e. The summed E-state index contributed by atoms with van der Waals surface area (Å²) in [4.78, 5) is 2.62. The van der Waals surface area contributed by atoms with E-state index in [9.17, 15) is 0 Å². The molecular weight excluding hydrogens is 675 g/mol. The summed E-state index contributed by atoms with van der Waals surface area (Å²) in [7, 11) is 0. The molecule has 7 aromatic carbocycles. The van der Waals surface area contributed by atoms with E-state index in [-0.39, 0.29) is 21.7 Å². The fourth-order valence-electron chi connectivity index (χ4n) is 9.95. The number of benzene rings is 7. The van der Waals surface area contributed by atoms with Crippen LogP contribution in [-0.2, 0) is 21.7 Å². The van der Waals surface area contributed by atoms with Gasteiger partial charge in [-0.25, -0.2) is 0 Å². The van der Waals surface area contributed by atoms with Gasteiger partial charge in [0.05, 0.1) is 5.69 Å². The standard InChI is InChI=1S/C55H53N/c1-52(2,3)48-35-47-49(43-25-17-19-27-45(43)55(47,9)38-22-14-11-15-23-38)51(50(48)53(4,5)6)56(39-30-28-37(29-31-39)36-20-12-10-13-21-36)40-32-33-42-41-24-16-18-26-44(41)54(7,8)46(42)34-40/h10-35H,1-9H3. The minimum Gasteiger partial charge on any atom is -0.310 e. The SMILES string of the molecule is CC(C)(C)c1cc2c(c(N(c3ccc(-c4ccccc4)cc3)c3ccc4c(c3)C(C)(C)c3ccccc3-4)c1C(C)(C)C)-c1ccccc1C2(C)c1ccccc1. The number of hydrogen-bond donors (Lipinski definition) is 0. The second-order valence-corrected chi connectivity index (χ2v) is 18.8. The first-order valence-electron chi connectivity index (χ1n) is 20.3. The fraction of sp³-hybridized carbons (Fsp3) is 0.236. The third kappa shape index (κ3) is 5.42. The van der Waals surface area contributed by atoms with Crippen LogP contribution in [0.4, 0.5) is 17.1 Å². The van der Waals surface area contributed by atoms with Gasteiger partial charge in [0.15, 0.2) is 0 Å². The topological polar surface area (TPSA) is 3.24 Å². The first kappa shape index (κ1) is 36.0. The zero-order chi connectivity index (χ0) is 39.2. The quantitative estimate of drug-likeness (QED) is 0.171. The molecule has 0 spiro atoms. The Morgan fingerprint density at radius 2 is 0.964 bits per heavy atom. The van der Waals surface area contributed by atoms with Crippen LogP contribution in [0.15, 0.2) is 158 Å². The zero-order valence-corrected chi connectivity index (χ0v) is 34.5. The molecule has 56 heavy (non-hydrogen) atoms. The predicted molar refractivity (Wildman–Crippen MR) is 239 cm³/mol. The van der Waals surface area contributed by atoms with Crippen molar-refractivity contribution >= 4 is 17.1 Å². The van der Waals surface area contributed by atoms with E-state index in [1.165, 1.54) is 83.7 Å². The Bertz CT molecular complexity index is 2610. The van der Waals surface area contributed by atoms with Crippen molar-refractivity contribution in [2.24, 2.45) is 0 Å². The van der Waals surface area contributed by atoms with Gasteiger partial charge in [0.1, 0.15) is 0 Å². The molecule has 1 heteroatoms. The van der Waals surface area contributed by atoms with Gasteiger partial charge in [-0.05, 0) is 109 Å². The maximum atomic E-state index is 2.62. The number of hydrogen-bond acceptors (Lipinski definition) is 1. The maximum absolute atomic E-state index is 2.62. The van der Waals surface area contributed by atoms with Crippen molar-refractivity contribution in [1.82, 2.24) is 0 Å². The highest BCUT2D eigenvalue weighted by atomic mass is 15.2. The molecule has 0 aliphatic heterocycles. The van der Waals surface area contributed by atoms with Crippen molar-refractivity contribution in [1.29, 1.82) is 0 Å². The Labute approximate surface area is 334 Å². The van der Waals surface area contributed by atoms with Crippen LogP contribution >= 0.6 is 0 Å². The minimum absolute atomic E-state index is 0.122. The van der Waals surface area contributed by atoms with Crippen molar-refractivity contribution in [3.05, 3.63) is 197 Å². The Kier molecular flexibility index (Phi) is 8.16. The van der Waals surface area contributed by atoms with Crippen molar-refractivity contribution in [3.63, 3.8) is 0 Å². The monoisotopic (exact) mass is 727 g/mol. The lowest BCUT2D eigenvalue weighted by Crippen LogP contribution is -2.29. The molecule has 9 rings (SSSR count). The second kappa shape index (κ2) is 12.7. The smallest absolute Gasteiger partial charge is 0.0583 e. The van der Waals surface area contributed by atoms with E-state index >= 15 is 0 Å². The highest BCUT2D eigenvalue weighted by Crippen LogP contribution is 2.61. The molecular formula is C55H53N. The molecule has 0 saturated heterocycles. The van der Waals surface area contributed by atoms with E-state index in [4.69, 9.17) is 0 Å². The van der Waals surface area contributed by atoms with Crippen molar-refractivity contribution in [2.75, 3.05) is 4.90 Å². The van der Waals surface area contributed by atoms with Gasteiger partial charge in [0, 0.05) is 27.8 Å². The second-order valence-electron chi connectivity index (χ2n) is 18.8. The molecule has 0 saturated carbocycles. The Balaban J connectivity index is 1.42. The van der Waals surface area contributed by atoms with Gasteiger partial charge in [-0.1, -0.05) is 189 Å². The molecule has 7 aromatic rings. The first-order chi connectivity index (χ1) is 26.7. The molecule has 278 valence electrons. The summed E-state index contributed by atoms with van der Waals surface area (Å²) >= 11 is 0. The molecule has 0 radical (unpaired) electrons. The summed E-state index contributed by atoms with van der Waals surface area (Å²) in [6.45, 7) is 21.6. The first-order valence-corrected chi connectivity index (χ1v) is 20.3. The van der Waals surface area contributed by atoms with Gasteiger partial charge < -0.3 is 4.90 Å². The van der Waals surface area contributed by atoms with Crippen LogP contribution in [0.25, 0.3) is 33.4 Å². The number of nitrogens with zero attached hydrogens (tertiary/aromatic N) is 1. The predicted octanol–water partition coefficient (Wildman–Crippen LogP) is 15.1. The van der Waals surface area contributed by atoms with Gasteiger partial charge in [0.25, 0.3) is 0 Å². The molecule has 0 fully saturated rings. The third-order valence-corrected chi connectivity index (χ3v) is 12.8. The molecule has 0 N–H and O–H groups in total. The lowest BCUT2D eigenvalue weighted by atomic mass is 9.69. The lowest BCUT2D eigenvalue weighted by Gasteiger charge is -2.40. The Morgan fingerprint density at radius 3 is 1.61 bits per heavy atom. The van der Waals surface area contributed by atoms with Crippen LogP contribution < -0.4 is 4.90 Å². The van der Waals surface area contributed by atoms with Gasteiger partial charge in [-0.3, -0.25) is 0 Å². The summed E-state index contributed by atoms with van der Waals surface area (Å²) in [5.74, 6) is 0. The lowest BCUT2D eigenvalue weighted by molar-refractivity contribution is 0.529. The highest BCUT2D eigenvalue weighted by Gasteiger charge is 2.46. The average molecular weight is 728 g/mol. The summed E-state index contributed by atoms with van der Waals surface area (Å²) in [5.41, 5.74) is 20.2. The van der Waals surface area contributed by atoms with Crippen LogP contribution in [0, 0.1) is 0 Å². The van der Waals surface area contributed by atoms with Crippen LogP contribution in [0.3, 0.4) is 0 Å². The fourth-order valence-corrected chi connectivity index (χ4v) is 9.95. The Morgan fingerprint density at radius 1 is 0.429 bits per heavy atom. The third-order valence-electron chi connectivity index (χ3n) is 12.8. The molecule has 0 heterocycles. The van der Waals surface area contributed by atoms with Gasteiger partial charge in [0.2, 0.25) is 0 Å². The molecule has 2 aliphatic rings.